The monoisotopic (exact) mass is 458 g/mol. The van der Waals surface area contributed by atoms with Crippen molar-refractivity contribution in [1.82, 2.24) is 20.5 Å². The Morgan fingerprint density at radius 1 is 1.09 bits per heavy atom. The Kier molecular flexibility index (Phi) is 6.53. The Morgan fingerprint density at radius 3 is 2.41 bits per heavy atom. The van der Waals surface area contributed by atoms with Crippen molar-refractivity contribution in [3.05, 3.63) is 73.1 Å². The lowest BCUT2D eigenvalue weighted by molar-refractivity contribution is -0.129. The molecule has 1 saturated carbocycles. The van der Waals surface area contributed by atoms with Crippen LogP contribution in [-0.2, 0) is 9.59 Å². The molecule has 0 radical (unpaired) electrons. The van der Waals surface area contributed by atoms with Gasteiger partial charge in [-0.2, -0.15) is 5.10 Å². The summed E-state index contributed by atoms with van der Waals surface area (Å²) in [6.45, 7) is 5.47. The molecule has 174 valence electrons. The molecular formula is C25H26N6O3. The number of carbonyl (C=O) groups excluding carboxylic acids is 3. The molecule has 3 amide bonds. The third kappa shape index (κ3) is 5.03. The Labute approximate surface area is 197 Å². The zero-order valence-corrected chi connectivity index (χ0v) is 18.8. The minimum atomic E-state index is -0.343. The standard InChI is InChI=1S/C25H26N6O3/c1-3-22(32)30-25(4-2)14-16(15-25)23(33)27-17-8-10-18(11-9-17)28-24(34)21-7-5-6-19(29-21)20-12-13-26-31-20/h3,5-13,16H,1,4,14-15H2,2H3,(H,26,31)(H,27,33)(H,28,34)(H,30,32). The number of nitrogens with zero attached hydrogens (tertiary/aromatic N) is 2. The summed E-state index contributed by atoms with van der Waals surface area (Å²) in [7, 11) is 0. The number of benzene rings is 1. The fourth-order valence-electron chi connectivity index (χ4n) is 4.05. The van der Waals surface area contributed by atoms with Gasteiger partial charge in [-0.15, -0.1) is 0 Å². The molecule has 9 nitrogen and oxygen atoms in total. The molecule has 2 aromatic heterocycles. The zero-order chi connectivity index (χ0) is 24.1. The van der Waals surface area contributed by atoms with Crippen LogP contribution in [0.25, 0.3) is 11.4 Å². The number of hydrogen-bond donors (Lipinski definition) is 4. The molecule has 0 bridgehead atoms. The van der Waals surface area contributed by atoms with E-state index in [1.54, 1.807) is 54.7 Å². The first-order chi connectivity index (χ1) is 16.4. The third-order valence-electron chi connectivity index (χ3n) is 6.06. The van der Waals surface area contributed by atoms with E-state index in [1.165, 1.54) is 6.08 Å². The number of carbonyl (C=O) groups is 3. The van der Waals surface area contributed by atoms with Crippen LogP contribution in [-0.4, -0.2) is 38.4 Å². The van der Waals surface area contributed by atoms with Crippen LogP contribution in [0.15, 0.2) is 67.4 Å². The van der Waals surface area contributed by atoms with Crippen LogP contribution in [0.4, 0.5) is 11.4 Å². The smallest absolute Gasteiger partial charge is 0.274 e. The summed E-state index contributed by atoms with van der Waals surface area (Å²) < 4.78 is 0. The van der Waals surface area contributed by atoms with E-state index in [0.29, 0.717) is 29.9 Å². The second kappa shape index (κ2) is 9.70. The summed E-state index contributed by atoms with van der Waals surface area (Å²) in [5, 5.41) is 15.4. The summed E-state index contributed by atoms with van der Waals surface area (Å²) in [6.07, 6.45) is 4.80. The largest absolute Gasteiger partial charge is 0.347 e. The molecule has 0 aliphatic heterocycles. The van der Waals surface area contributed by atoms with Gasteiger partial charge in [-0.1, -0.05) is 19.6 Å². The number of aromatic nitrogens is 3. The first-order valence-corrected chi connectivity index (χ1v) is 11.0. The van der Waals surface area contributed by atoms with Crippen LogP contribution in [0.1, 0.15) is 36.7 Å². The first kappa shape index (κ1) is 22.9. The van der Waals surface area contributed by atoms with Gasteiger partial charge in [0.25, 0.3) is 5.91 Å². The zero-order valence-electron chi connectivity index (χ0n) is 18.8. The number of nitrogens with one attached hydrogen (secondary N) is 4. The second-order valence-corrected chi connectivity index (χ2v) is 8.33. The maximum atomic E-state index is 12.6. The summed E-state index contributed by atoms with van der Waals surface area (Å²) in [5.41, 5.74) is 2.49. The lowest BCUT2D eigenvalue weighted by Gasteiger charge is -2.46. The summed E-state index contributed by atoms with van der Waals surface area (Å²) in [5.74, 6) is -0.821. The molecule has 1 aromatic carbocycles. The highest BCUT2D eigenvalue weighted by atomic mass is 16.2. The molecule has 9 heteroatoms. The lowest BCUT2D eigenvalue weighted by atomic mass is 9.66. The van der Waals surface area contributed by atoms with Gasteiger partial charge in [-0.3, -0.25) is 19.5 Å². The molecule has 0 saturated heterocycles. The fraction of sp³-hybridized carbons (Fsp3) is 0.240. The van der Waals surface area contributed by atoms with Crippen LogP contribution in [0.5, 0.6) is 0 Å². The maximum absolute atomic E-state index is 12.6. The van der Waals surface area contributed by atoms with Gasteiger partial charge in [0.05, 0.1) is 11.4 Å². The Hall–Kier alpha value is -4.27. The number of rotatable bonds is 8. The van der Waals surface area contributed by atoms with Crippen molar-refractivity contribution in [3.8, 4) is 11.4 Å². The molecular weight excluding hydrogens is 432 g/mol. The molecule has 0 spiro atoms. The normalized spacial score (nSPS) is 18.9. The quantitative estimate of drug-likeness (QED) is 0.384. The van der Waals surface area contributed by atoms with Gasteiger partial charge in [0.2, 0.25) is 11.8 Å². The van der Waals surface area contributed by atoms with Gasteiger partial charge < -0.3 is 16.0 Å². The number of aromatic amines is 1. The fourth-order valence-corrected chi connectivity index (χ4v) is 4.05. The van der Waals surface area contributed by atoms with Gasteiger partial charge in [0.15, 0.2) is 0 Å². The minimum Gasteiger partial charge on any atom is -0.347 e. The van der Waals surface area contributed by atoms with E-state index in [9.17, 15) is 14.4 Å². The third-order valence-corrected chi connectivity index (χ3v) is 6.06. The summed E-state index contributed by atoms with van der Waals surface area (Å²) in [6, 6.07) is 13.9. The first-order valence-electron chi connectivity index (χ1n) is 11.0. The highest BCUT2D eigenvalue weighted by Crippen LogP contribution is 2.41. The van der Waals surface area contributed by atoms with Crippen molar-refractivity contribution in [2.75, 3.05) is 10.6 Å². The SMILES string of the molecule is C=CC(=O)NC1(CC)CC(C(=O)Nc2ccc(NC(=O)c3cccc(-c4ccn[nH]4)n3)cc2)C1. The minimum absolute atomic E-state index is 0.0893. The van der Waals surface area contributed by atoms with E-state index >= 15 is 0 Å². The van der Waals surface area contributed by atoms with Crippen LogP contribution >= 0.6 is 0 Å². The molecule has 0 atom stereocenters. The van der Waals surface area contributed by atoms with Crippen LogP contribution < -0.4 is 16.0 Å². The van der Waals surface area contributed by atoms with Crippen LogP contribution in [0.3, 0.4) is 0 Å². The molecule has 1 aliphatic rings. The molecule has 2 heterocycles. The predicted octanol–water partition coefficient (Wildman–Crippen LogP) is 3.52. The number of amides is 3. The highest BCUT2D eigenvalue weighted by Gasteiger charge is 2.46. The van der Waals surface area contributed by atoms with Crippen LogP contribution in [0, 0.1) is 5.92 Å². The van der Waals surface area contributed by atoms with Crippen molar-refractivity contribution >= 4 is 29.1 Å². The van der Waals surface area contributed by atoms with Gasteiger partial charge in [-0.25, -0.2) is 4.98 Å². The molecule has 34 heavy (non-hydrogen) atoms. The van der Waals surface area contributed by atoms with E-state index < -0.39 is 0 Å². The van der Waals surface area contributed by atoms with E-state index in [-0.39, 0.29) is 34.9 Å². The lowest BCUT2D eigenvalue weighted by Crippen LogP contribution is -2.58. The highest BCUT2D eigenvalue weighted by molar-refractivity contribution is 6.03. The van der Waals surface area contributed by atoms with Crippen LogP contribution in [0.2, 0.25) is 0 Å². The Morgan fingerprint density at radius 2 is 1.79 bits per heavy atom. The van der Waals surface area contributed by atoms with Crippen molar-refractivity contribution in [3.63, 3.8) is 0 Å². The Bertz CT molecular complexity index is 1200. The molecule has 3 aromatic rings. The summed E-state index contributed by atoms with van der Waals surface area (Å²) in [4.78, 5) is 41.2. The number of hydrogen-bond acceptors (Lipinski definition) is 5. The average Bonchev–Trinajstić information content (AvgIpc) is 3.37. The van der Waals surface area contributed by atoms with Crippen molar-refractivity contribution in [2.24, 2.45) is 5.92 Å². The number of pyridine rings is 1. The number of anilines is 2. The number of H-pyrrole nitrogens is 1. The molecule has 1 fully saturated rings. The van der Waals surface area contributed by atoms with Gasteiger partial charge in [-0.05, 0) is 67.8 Å². The summed E-state index contributed by atoms with van der Waals surface area (Å²) >= 11 is 0. The van der Waals surface area contributed by atoms with Gasteiger partial charge in [0, 0.05) is 29.0 Å². The predicted molar refractivity (Wildman–Crippen MR) is 129 cm³/mol. The van der Waals surface area contributed by atoms with Crippen molar-refractivity contribution < 1.29 is 14.4 Å². The van der Waals surface area contributed by atoms with Gasteiger partial charge in [0.1, 0.15) is 5.69 Å². The average molecular weight is 459 g/mol. The van der Waals surface area contributed by atoms with E-state index in [4.69, 9.17) is 0 Å². The molecule has 1 aliphatic carbocycles. The molecule has 4 rings (SSSR count). The van der Waals surface area contributed by atoms with Crippen molar-refractivity contribution in [2.45, 2.75) is 31.7 Å². The van der Waals surface area contributed by atoms with Gasteiger partial charge >= 0.3 is 0 Å². The maximum Gasteiger partial charge on any atom is 0.274 e. The Balaban J connectivity index is 1.32. The van der Waals surface area contributed by atoms with E-state index in [1.807, 2.05) is 6.92 Å². The topological polar surface area (TPSA) is 129 Å². The van der Waals surface area contributed by atoms with E-state index in [0.717, 1.165) is 12.1 Å². The molecule has 4 N–H and O–H groups in total. The van der Waals surface area contributed by atoms with Crippen molar-refractivity contribution in [1.29, 1.82) is 0 Å². The second-order valence-electron chi connectivity index (χ2n) is 8.33. The van der Waals surface area contributed by atoms with E-state index in [2.05, 4.69) is 37.7 Å². The molecule has 0 unspecified atom stereocenters.